The predicted octanol–water partition coefficient (Wildman–Crippen LogP) is 2.16. The number of ether oxygens (including phenoxy) is 1. The number of thiazole rings is 1. The van der Waals surface area contributed by atoms with Crippen molar-refractivity contribution in [3.63, 3.8) is 0 Å². The first kappa shape index (κ1) is 11.2. The number of benzene rings is 1. The van der Waals surface area contributed by atoms with E-state index in [1.165, 1.54) is 0 Å². The molecule has 0 atom stereocenters. The molecule has 0 aliphatic heterocycles. The molecule has 0 saturated heterocycles. The first-order valence-corrected chi connectivity index (χ1v) is 6.24. The number of aromatic nitrogens is 2. The Morgan fingerprint density at radius 1 is 1.22 bits per heavy atom. The average molecular weight is 252 g/mol. The minimum atomic E-state index is 0.504. The summed E-state index contributed by atoms with van der Waals surface area (Å²) in [5, 5.41) is 0.937. The van der Waals surface area contributed by atoms with Crippen LogP contribution in [0, 0.1) is 0 Å². The van der Waals surface area contributed by atoms with Crippen LogP contribution < -0.4 is 10.3 Å². The summed E-state index contributed by atoms with van der Waals surface area (Å²) >= 11 is 1.61. The molecule has 0 saturated carbocycles. The second kappa shape index (κ2) is 4.42. The van der Waals surface area contributed by atoms with Crippen molar-refractivity contribution in [2.45, 2.75) is 0 Å². The SMILES string of the molecule is [B]c1cc(-c2nc3ccc(OC)cc3s2)ccn1. The first-order valence-electron chi connectivity index (χ1n) is 5.43. The van der Waals surface area contributed by atoms with Gasteiger partial charge < -0.3 is 4.74 Å². The summed E-state index contributed by atoms with van der Waals surface area (Å²) in [5.74, 6) is 0.840. The van der Waals surface area contributed by atoms with Gasteiger partial charge >= 0.3 is 0 Å². The summed E-state index contributed by atoms with van der Waals surface area (Å²) in [6.45, 7) is 0. The fourth-order valence-corrected chi connectivity index (χ4v) is 2.73. The molecule has 0 bridgehead atoms. The van der Waals surface area contributed by atoms with Crippen molar-refractivity contribution in [3.8, 4) is 16.3 Å². The number of nitrogens with zero attached hydrogens (tertiary/aromatic N) is 2. The van der Waals surface area contributed by atoms with Crippen LogP contribution in [0.1, 0.15) is 0 Å². The molecule has 2 radical (unpaired) electrons. The largest absolute Gasteiger partial charge is 0.497 e. The lowest BCUT2D eigenvalue weighted by molar-refractivity contribution is 0.415. The van der Waals surface area contributed by atoms with Crippen LogP contribution in [0.25, 0.3) is 20.8 Å². The number of pyridine rings is 1. The number of hydrogen-bond donors (Lipinski definition) is 0. The standard InChI is InChI=1S/C13H9BN2OS/c1-17-9-2-3-10-11(7-9)18-13(16-10)8-4-5-15-12(14)6-8/h2-7H,1H3. The van der Waals surface area contributed by atoms with Gasteiger partial charge in [0.2, 0.25) is 0 Å². The topological polar surface area (TPSA) is 35.0 Å². The minimum Gasteiger partial charge on any atom is -0.497 e. The highest BCUT2D eigenvalue weighted by molar-refractivity contribution is 7.21. The van der Waals surface area contributed by atoms with Gasteiger partial charge in [-0.25, -0.2) is 4.98 Å². The third-order valence-electron chi connectivity index (χ3n) is 2.62. The van der Waals surface area contributed by atoms with Gasteiger partial charge in [0.15, 0.2) is 0 Å². The lowest BCUT2D eigenvalue weighted by Gasteiger charge is -1.96. The van der Waals surface area contributed by atoms with Gasteiger partial charge in [-0.15, -0.1) is 11.3 Å². The van der Waals surface area contributed by atoms with E-state index < -0.39 is 0 Å². The third-order valence-corrected chi connectivity index (χ3v) is 3.69. The van der Waals surface area contributed by atoms with E-state index in [1.807, 2.05) is 30.3 Å². The molecule has 0 amide bonds. The molecular weight excluding hydrogens is 243 g/mol. The molecule has 5 heteroatoms. The summed E-state index contributed by atoms with van der Waals surface area (Å²) in [5.41, 5.74) is 2.46. The van der Waals surface area contributed by atoms with Crippen molar-refractivity contribution in [2.75, 3.05) is 7.11 Å². The minimum absolute atomic E-state index is 0.504. The number of methoxy groups -OCH3 is 1. The molecule has 1 aromatic carbocycles. The second-order valence-electron chi connectivity index (χ2n) is 3.82. The molecule has 0 unspecified atom stereocenters. The monoisotopic (exact) mass is 252 g/mol. The van der Waals surface area contributed by atoms with Gasteiger partial charge in [0.05, 0.1) is 17.3 Å². The molecule has 0 fully saturated rings. The van der Waals surface area contributed by atoms with E-state index in [0.717, 1.165) is 26.5 Å². The molecule has 3 nitrogen and oxygen atoms in total. The molecule has 3 aromatic rings. The Morgan fingerprint density at radius 3 is 2.89 bits per heavy atom. The van der Waals surface area contributed by atoms with Crippen molar-refractivity contribution < 1.29 is 4.74 Å². The zero-order valence-corrected chi connectivity index (χ0v) is 10.6. The zero-order valence-electron chi connectivity index (χ0n) is 9.75. The Balaban J connectivity index is 2.13. The van der Waals surface area contributed by atoms with Crippen LogP contribution in [0.3, 0.4) is 0 Å². The molecule has 0 spiro atoms. The van der Waals surface area contributed by atoms with Gasteiger partial charge in [-0.2, -0.15) is 0 Å². The van der Waals surface area contributed by atoms with Crippen molar-refractivity contribution in [1.82, 2.24) is 9.97 Å². The predicted molar refractivity (Wildman–Crippen MR) is 74.8 cm³/mol. The Labute approximate surface area is 110 Å². The van der Waals surface area contributed by atoms with E-state index in [9.17, 15) is 0 Å². The molecule has 3 rings (SSSR count). The summed E-state index contributed by atoms with van der Waals surface area (Å²) in [6, 6.07) is 9.59. The number of rotatable bonds is 2. The van der Waals surface area contributed by atoms with Crippen molar-refractivity contribution in [3.05, 3.63) is 36.5 Å². The van der Waals surface area contributed by atoms with Gasteiger partial charge in [-0.05, 0) is 35.9 Å². The van der Waals surface area contributed by atoms with Gasteiger partial charge in [0.1, 0.15) is 18.6 Å². The van der Waals surface area contributed by atoms with E-state index in [-0.39, 0.29) is 0 Å². The van der Waals surface area contributed by atoms with Crippen LogP contribution in [-0.2, 0) is 0 Å². The molecule has 18 heavy (non-hydrogen) atoms. The van der Waals surface area contributed by atoms with Crippen LogP contribution in [0.2, 0.25) is 0 Å². The van der Waals surface area contributed by atoms with Crippen LogP contribution in [0.5, 0.6) is 5.75 Å². The average Bonchev–Trinajstić information content (AvgIpc) is 2.81. The van der Waals surface area contributed by atoms with Crippen molar-refractivity contribution in [1.29, 1.82) is 0 Å². The summed E-state index contributed by atoms with van der Waals surface area (Å²) < 4.78 is 6.30. The maximum atomic E-state index is 5.68. The highest BCUT2D eigenvalue weighted by atomic mass is 32.1. The normalized spacial score (nSPS) is 10.7. The summed E-state index contributed by atoms with van der Waals surface area (Å²) in [6.07, 6.45) is 1.69. The lowest BCUT2D eigenvalue weighted by atomic mass is 10.0. The number of fused-ring (bicyclic) bond motifs is 1. The van der Waals surface area contributed by atoms with E-state index >= 15 is 0 Å². The van der Waals surface area contributed by atoms with Gasteiger partial charge in [-0.3, -0.25) is 4.98 Å². The van der Waals surface area contributed by atoms with Crippen LogP contribution in [-0.4, -0.2) is 24.9 Å². The number of hydrogen-bond acceptors (Lipinski definition) is 4. The van der Waals surface area contributed by atoms with Crippen LogP contribution in [0.4, 0.5) is 0 Å². The molecule has 2 aromatic heterocycles. The highest BCUT2D eigenvalue weighted by Crippen LogP contribution is 2.31. The summed E-state index contributed by atoms with van der Waals surface area (Å²) in [4.78, 5) is 8.56. The van der Waals surface area contributed by atoms with E-state index in [0.29, 0.717) is 5.59 Å². The maximum Gasteiger partial charge on any atom is 0.141 e. The molecule has 0 aliphatic rings. The maximum absolute atomic E-state index is 5.68. The second-order valence-corrected chi connectivity index (χ2v) is 4.85. The molecular formula is C13H9BN2OS. The van der Waals surface area contributed by atoms with Gasteiger partial charge in [0, 0.05) is 11.8 Å². The lowest BCUT2D eigenvalue weighted by Crippen LogP contribution is -2.06. The fraction of sp³-hybridized carbons (Fsp3) is 0.0769. The Bertz CT molecular complexity index is 711. The molecule has 2 heterocycles. The first-order chi connectivity index (χ1) is 8.76. The Kier molecular flexibility index (Phi) is 2.76. The van der Waals surface area contributed by atoms with Gasteiger partial charge in [0.25, 0.3) is 0 Å². The van der Waals surface area contributed by atoms with Crippen LogP contribution in [0.15, 0.2) is 36.5 Å². The van der Waals surface area contributed by atoms with Crippen LogP contribution >= 0.6 is 11.3 Å². The molecule has 86 valence electrons. The third kappa shape index (κ3) is 1.97. The summed E-state index contributed by atoms with van der Waals surface area (Å²) in [7, 11) is 7.34. The van der Waals surface area contributed by atoms with E-state index in [1.54, 1.807) is 24.6 Å². The van der Waals surface area contributed by atoms with E-state index in [2.05, 4.69) is 9.97 Å². The van der Waals surface area contributed by atoms with Crippen molar-refractivity contribution >= 4 is 35.0 Å². The quantitative estimate of drug-likeness (QED) is 0.655. The zero-order chi connectivity index (χ0) is 12.5. The molecule has 0 aliphatic carbocycles. The fourth-order valence-electron chi connectivity index (χ4n) is 1.74. The van der Waals surface area contributed by atoms with E-state index in [4.69, 9.17) is 12.6 Å². The highest BCUT2D eigenvalue weighted by Gasteiger charge is 2.07. The van der Waals surface area contributed by atoms with Gasteiger partial charge in [-0.1, -0.05) is 0 Å². The Hall–Kier alpha value is -1.88. The smallest absolute Gasteiger partial charge is 0.141 e. The van der Waals surface area contributed by atoms with Crippen molar-refractivity contribution in [2.24, 2.45) is 0 Å². The Morgan fingerprint density at radius 2 is 2.11 bits per heavy atom. The molecule has 0 N–H and O–H groups in total.